The van der Waals surface area contributed by atoms with Crippen molar-refractivity contribution in [3.05, 3.63) is 125 Å². The highest BCUT2D eigenvalue weighted by atomic mass is 32.2. The van der Waals surface area contributed by atoms with E-state index in [1.807, 2.05) is 73.0 Å². The molecule has 238 valence electrons. The average molecular weight is 665 g/mol. The van der Waals surface area contributed by atoms with Crippen molar-refractivity contribution in [3.63, 3.8) is 0 Å². The molecule has 0 radical (unpaired) electrons. The Morgan fingerprint density at radius 3 is 2.30 bits per heavy atom. The number of rotatable bonds is 13. The lowest BCUT2D eigenvalue weighted by Gasteiger charge is -2.13. The number of nitrogens with zero attached hydrogens (tertiary/aromatic N) is 1. The summed E-state index contributed by atoms with van der Waals surface area (Å²) < 4.78 is 11.1. The lowest BCUT2D eigenvalue weighted by molar-refractivity contribution is -0.114. The molecule has 0 saturated heterocycles. The summed E-state index contributed by atoms with van der Waals surface area (Å²) in [6.45, 7) is 2.32. The molecule has 5 rings (SSSR count). The number of aromatic nitrogens is 1. The van der Waals surface area contributed by atoms with Crippen LogP contribution in [0, 0.1) is 0 Å². The highest BCUT2D eigenvalue weighted by molar-refractivity contribution is 8.00. The smallest absolute Gasteiger partial charge is 0.272 e. The van der Waals surface area contributed by atoms with Gasteiger partial charge in [0, 0.05) is 32.7 Å². The summed E-state index contributed by atoms with van der Waals surface area (Å²) in [6, 6.07) is 30.6. The first kappa shape index (κ1) is 33.0. The third-order valence-corrected chi connectivity index (χ3v) is 8.43. The summed E-state index contributed by atoms with van der Waals surface area (Å²) in [7, 11) is 1.61. The number of ether oxygens (including phenoxy) is 2. The fourth-order valence-corrected chi connectivity index (χ4v) is 5.86. The van der Waals surface area contributed by atoms with Crippen molar-refractivity contribution in [1.82, 2.24) is 10.3 Å². The van der Waals surface area contributed by atoms with Crippen molar-refractivity contribution in [1.29, 1.82) is 0 Å². The van der Waals surface area contributed by atoms with Crippen molar-refractivity contribution in [2.24, 2.45) is 0 Å². The number of benzene rings is 4. The SMILES string of the molecule is CCOc1ccccc1/C=C(\NC(=O)c1ccccc1)C(=O)Nc1ccc(SCC(=O)Nc2nc(-c3ccccc3OC)cs2)cc1. The van der Waals surface area contributed by atoms with E-state index < -0.39 is 11.8 Å². The lowest BCUT2D eigenvalue weighted by atomic mass is 10.1. The van der Waals surface area contributed by atoms with Crippen molar-refractivity contribution in [3.8, 4) is 22.8 Å². The molecule has 9 nitrogen and oxygen atoms in total. The number of hydrogen-bond donors (Lipinski definition) is 3. The molecule has 3 amide bonds. The minimum atomic E-state index is -0.503. The monoisotopic (exact) mass is 664 g/mol. The topological polar surface area (TPSA) is 119 Å². The molecule has 0 aliphatic heterocycles. The average Bonchev–Trinajstić information content (AvgIpc) is 3.57. The summed E-state index contributed by atoms with van der Waals surface area (Å²) in [6.07, 6.45) is 1.59. The second-order valence-electron chi connectivity index (χ2n) is 9.90. The Bertz CT molecular complexity index is 1870. The number of nitrogens with one attached hydrogen (secondary N) is 3. The molecule has 4 aromatic carbocycles. The van der Waals surface area contributed by atoms with Gasteiger partial charge in [0.1, 0.15) is 17.2 Å². The van der Waals surface area contributed by atoms with Gasteiger partial charge in [-0.3, -0.25) is 14.4 Å². The van der Waals surface area contributed by atoms with Gasteiger partial charge in [-0.15, -0.1) is 23.1 Å². The zero-order valence-corrected chi connectivity index (χ0v) is 27.3. The maximum absolute atomic E-state index is 13.4. The summed E-state index contributed by atoms with van der Waals surface area (Å²) >= 11 is 2.70. The molecule has 0 bridgehead atoms. The van der Waals surface area contributed by atoms with Crippen LogP contribution in [0.25, 0.3) is 17.3 Å². The minimum absolute atomic E-state index is 0.0529. The molecule has 3 N–H and O–H groups in total. The van der Waals surface area contributed by atoms with Crippen LogP contribution in [0.2, 0.25) is 0 Å². The van der Waals surface area contributed by atoms with E-state index in [1.165, 1.54) is 23.1 Å². The predicted octanol–water partition coefficient (Wildman–Crippen LogP) is 7.36. The van der Waals surface area contributed by atoms with Crippen LogP contribution >= 0.6 is 23.1 Å². The van der Waals surface area contributed by atoms with E-state index in [2.05, 4.69) is 20.9 Å². The number of anilines is 2. The van der Waals surface area contributed by atoms with Gasteiger partial charge in [-0.2, -0.15) is 0 Å². The van der Waals surface area contributed by atoms with E-state index in [0.29, 0.717) is 40.1 Å². The molecule has 1 aromatic heterocycles. The molecule has 1 heterocycles. The zero-order chi connectivity index (χ0) is 33.0. The summed E-state index contributed by atoms with van der Waals surface area (Å²) in [4.78, 5) is 44.5. The Balaban J connectivity index is 1.21. The number of para-hydroxylation sites is 2. The maximum atomic E-state index is 13.4. The second kappa shape index (κ2) is 16.3. The number of hydrogen-bond acceptors (Lipinski definition) is 8. The van der Waals surface area contributed by atoms with Crippen LogP contribution in [0.3, 0.4) is 0 Å². The van der Waals surface area contributed by atoms with Crippen molar-refractivity contribution >= 4 is 57.7 Å². The maximum Gasteiger partial charge on any atom is 0.272 e. The predicted molar refractivity (Wildman–Crippen MR) is 188 cm³/mol. The van der Waals surface area contributed by atoms with Gasteiger partial charge in [0.25, 0.3) is 11.8 Å². The van der Waals surface area contributed by atoms with Gasteiger partial charge in [-0.05, 0) is 67.6 Å². The number of thioether (sulfide) groups is 1. The van der Waals surface area contributed by atoms with Gasteiger partial charge in [-0.1, -0.05) is 48.5 Å². The van der Waals surface area contributed by atoms with E-state index in [1.54, 1.807) is 55.7 Å². The largest absolute Gasteiger partial charge is 0.496 e. The van der Waals surface area contributed by atoms with Gasteiger partial charge >= 0.3 is 0 Å². The van der Waals surface area contributed by atoms with Crippen LogP contribution in [-0.2, 0) is 9.59 Å². The van der Waals surface area contributed by atoms with Crippen LogP contribution in [0.15, 0.2) is 119 Å². The molecule has 0 spiro atoms. The van der Waals surface area contributed by atoms with Crippen molar-refractivity contribution in [2.45, 2.75) is 11.8 Å². The molecule has 47 heavy (non-hydrogen) atoms. The van der Waals surface area contributed by atoms with Gasteiger partial charge in [-0.25, -0.2) is 4.98 Å². The summed E-state index contributed by atoms with van der Waals surface area (Å²) in [5.41, 5.74) is 3.22. The number of carbonyl (C=O) groups is 3. The Morgan fingerprint density at radius 2 is 1.55 bits per heavy atom. The van der Waals surface area contributed by atoms with Crippen molar-refractivity contribution < 1.29 is 23.9 Å². The normalized spacial score (nSPS) is 11.0. The van der Waals surface area contributed by atoms with Crippen molar-refractivity contribution in [2.75, 3.05) is 30.1 Å². The first-order valence-corrected chi connectivity index (χ1v) is 16.5. The molecule has 0 atom stereocenters. The van der Waals surface area contributed by atoms with Crippen LogP contribution in [-0.4, -0.2) is 42.2 Å². The van der Waals surface area contributed by atoms with Crippen LogP contribution in [0.4, 0.5) is 10.8 Å². The molecule has 0 aliphatic carbocycles. The molecule has 0 aliphatic rings. The Hall–Kier alpha value is -5.39. The summed E-state index contributed by atoms with van der Waals surface area (Å²) in [5.74, 6) is 0.362. The highest BCUT2D eigenvalue weighted by Crippen LogP contribution is 2.32. The number of carbonyl (C=O) groups excluding carboxylic acids is 3. The molecular formula is C36H32N4O5S2. The Labute approximate surface area is 281 Å². The molecule has 0 unspecified atom stereocenters. The number of thiazole rings is 1. The fourth-order valence-electron chi connectivity index (χ4n) is 4.43. The van der Waals surface area contributed by atoms with Gasteiger partial charge in [0.15, 0.2) is 5.13 Å². The molecule has 0 fully saturated rings. The third kappa shape index (κ3) is 9.09. The standard InChI is InChI=1S/C36H32N4O5S2/c1-3-45-31-15-9-7-13-25(31)21-29(38-34(42)24-11-5-4-6-12-24)35(43)37-26-17-19-27(20-18-26)46-23-33(41)40-36-39-30(22-47-36)28-14-8-10-16-32(28)44-2/h4-22H,3,23H2,1-2H3,(H,37,43)(H,38,42)(H,39,40,41)/b29-21-. The first-order valence-electron chi connectivity index (χ1n) is 14.7. The van der Waals surface area contributed by atoms with E-state index in [-0.39, 0.29) is 17.4 Å². The Kier molecular flexibility index (Phi) is 11.4. The molecule has 0 saturated carbocycles. The van der Waals surface area contributed by atoms with Gasteiger partial charge in [0.05, 0.1) is 25.2 Å². The molecule has 5 aromatic rings. The zero-order valence-electron chi connectivity index (χ0n) is 25.7. The second-order valence-corrected chi connectivity index (χ2v) is 11.8. The fraction of sp³-hybridized carbons (Fsp3) is 0.111. The van der Waals surface area contributed by atoms with E-state index >= 15 is 0 Å². The highest BCUT2D eigenvalue weighted by Gasteiger charge is 2.17. The van der Waals surface area contributed by atoms with Crippen LogP contribution in [0.1, 0.15) is 22.8 Å². The van der Waals surface area contributed by atoms with E-state index in [4.69, 9.17) is 9.47 Å². The summed E-state index contributed by atoms with van der Waals surface area (Å²) in [5, 5.41) is 10.8. The van der Waals surface area contributed by atoms with E-state index in [9.17, 15) is 14.4 Å². The first-order chi connectivity index (χ1) is 22.9. The number of amides is 3. The number of methoxy groups -OCH3 is 1. The van der Waals surface area contributed by atoms with Crippen LogP contribution < -0.4 is 25.4 Å². The Morgan fingerprint density at radius 1 is 0.851 bits per heavy atom. The van der Waals surface area contributed by atoms with Gasteiger partial charge in [0.2, 0.25) is 5.91 Å². The molecular weight excluding hydrogens is 633 g/mol. The minimum Gasteiger partial charge on any atom is -0.496 e. The van der Waals surface area contributed by atoms with Gasteiger partial charge < -0.3 is 25.4 Å². The third-order valence-electron chi connectivity index (χ3n) is 6.66. The lowest BCUT2D eigenvalue weighted by Crippen LogP contribution is -2.30. The van der Waals surface area contributed by atoms with E-state index in [0.717, 1.165) is 16.2 Å². The quantitative estimate of drug-likeness (QED) is 0.0889. The van der Waals surface area contributed by atoms with Crippen LogP contribution in [0.5, 0.6) is 11.5 Å². The molecule has 11 heteroatoms.